The molecule has 3 N–H and O–H groups in total. The van der Waals surface area contributed by atoms with E-state index >= 15 is 0 Å². The number of para-hydroxylation sites is 1. The molecule has 5 heterocycles. The van der Waals surface area contributed by atoms with E-state index in [1.165, 1.54) is 5.69 Å². The number of nitrogens with zero attached hydrogens (tertiary/aromatic N) is 6. The number of pyridine rings is 1. The zero-order valence-corrected chi connectivity index (χ0v) is 16.9. The third kappa shape index (κ3) is 3.07. The Kier molecular flexibility index (Phi) is 4.09. The fourth-order valence-corrected chi connectivity index (χ4v) is 4.47. The monoisotopic (exact) mass is 410 g/mol. The summed E-state index contributed by atoms with van der Waals surface area (Å²) in [4.78, 5) is 19.3. The highest BCUT2D eigenvalue weighted by molar-refractivity contribution is 5.87. The summed E-state index contributed by atoms with van der Waals surface area (Å²) >= 11 is 0. The molecule has 154 valence electrons. The van der Waals surface area contributed by atoms with E-state index in [1.54, 1.807) is 10.8 Å². The van der Waals surface area contributed by atoms with E-state index < -0.39 is 0 Å². The molecule has 0 amide bonds. The minimum absolute atomic E-state index is 0.508. The number of aromatic amines is 1. The van der Waals surface area contributed by atoms with Crippen molar-refractivity contribution in [3.05, 3.63) is 67.0 Å². The molecule has 6 rings (SSSR count). The number of hydrogen-bond acceptors (Lipinski definition) is 6. The van der Waals surface area contributed by atoms with E-state index in [1.807, 2.05) is 42.9 Å². The number of benzene rings is 1. The molecule has 0 bridgehead atoms. The normalized spacial score (nSPS) is 15.2. The number of hydrogen-bond donors (Lipinski definition) is 2. The van der Waals surface area contributed by atoms with Crippen LogP contribution in [0, 0.1) is 0 Å². The Morgan fingerprint density at radius 3 is 2.74 bits per heavy atom. The number of H-pyrrole nitrogens is 1. The van der Waals surface area contributed by atoms with Crippen molar-refractivity contribution in [2.45, 2.75) is 18.8 Å². The van der Waals surface area contributed by atoms with Gasteiger partial charge in [-0.15, -0.1) is 0 Å². The number of piperidine rings is 1. The van der Waals surface area contributed by atoms with E-state index in [-0.39, 0.29) is 0 Å². The number of nitrogens with two attached hydrogens (primary N) is 1. The number of imidazole rings is 1. The molecule has 1 aliphatic rings. The van der Waals surface area contributed by atoms with Gasteiger partial charge in [-0.2, -0.15) is 9.61 Å². The summed E-state index contributed by atoms with van der Waals surface area (Å²) in [5.41, 5.74) is 11.2. The molecule has 0 spiro atoms. The average Bonchev–Trinajstić information content (AvgIpc) is 3.49. The largest absolute Gasteiger partial charge is 0.383 e. The highest BCUT2D eigenvalue weighted by Crippen LogP contribution is 2.32. The van der Waals surface area contributed by atoms with Crippen LogP contribution in [-0.2, 0) is 0 Å². The lowest BCUT2D eigenvalue weighted by atomic mass is 9.94. The van der Waals surface area contributed by atoms with Crippen molar-refractivity contribution in [3.63, 3.8) is 0 Å². The molecule has 1 aliphatic heterocycles. The van der Waals surface area contributed by atoms with Crippen LogP contribution in [0.3, 0.4) is 0 Å². The van der Waals surface area contributed by atoms with Crippen molar-refractivity contribution >= 4 is 28.2 Å². The van der Waals surface area contributed by atoms with Crippen molar-refractivity contribution in [1.82, 2.24) is 29.5 Å². The van der Waals surface area contributed by atoms with Crippen LogP contribution in [0.5, 0.6) is 0 Å². The second-order valence-electron chi connectivity index (χ2n) is 8.02. The first kappa shape index (κ1) is 17.9. The molecule has 1 aromatic carbocycles. The molecule has 1 fully saturated rings. The molecule has 31 heavy (non-hydrogen) atoms. The molecular formula is C23H22N8. The lowest BCUT2D eigenvalue weighted by Crippen LogP contribution is -2.33. The van der Waals surface area contributed by atoms with E-state index in [2.05, 4.69) is 37.1 Å². The quantitative estimate of drug-likeness (QED) is 0.471. The molecule has 0 atom stereocenters. The van der Waals surface area contributed by atoms with Gasteiger partial charge < -0.3 is 15.6 Å². The first-order chi connectivity index (χ1) is 15.3. The maximum absolute atomic E-state index is 6.36. The highest BCUT2D eigenvalue weighted by Gasteiger charge is 2.23. The Bertz CT molecular complexity index is 1360. The van der Waals surface area contributed by atoms with Crippen LogP contribution in [0.15, 0.2) is 61.3 Å². The summed E-state index contributed by atoms with van der Waals surface area (Å²) < 4.78 is 1.70. The van der Waals surface area contributed by atoms with Gasteiger partial charge in [-0.25, -0.2) is 9.97 Å². The van der Waals surface area contributed by atoms with Crippen LogP contribution in [0.2, 0.25) is 0 Å². The Balaban J connectivity index is 1.35. The summed E-state index contributed by atoms with van der Waals surface area (Å²) in [6.45, 7) is 1.85. The second-order valence-corrected chi connectivity index (χ2v) is 8.02. The van der Waals surface area contributed by atoms with Gasteiger partial charge in [0, 0.05) is 59.7 Å². The fraction of sp³-hybridized carbons (Fsp3) is 0.217. The Hall–Kier alpha value is -3.94. The average molecular weight is 410 g/mol. The van der Waals surface area contributed by atoms with Gasteiger partial charge in [0.1, 0.15) is 11.6 Å². The number of aromatic nitrogens is 6. The minimum atomic E-state index is 0.508. The Labute approximate surface area is 178 Å². The molecular weight excluding hydrogens is 388 g/mol. The molecule has 5 aromatic rings. The highest BCUT2D eigenvalue weighted by atomic mass is 15.3. The third-order valence-corrected chi connectivity index (χ3v) is 6.17. The van der Waals surface area contributed by atoms with Gasteiger partial charge in [0.15, 0.2) is 5.65 Å². The molecule has 0 unspecified atom stereocenters. The van der Waals surface area contributed by atoms with Crippen LogP contribution in [0.25, 0.3) is 27.7 Å². The Morgan fingerprint density at radius 2 is 1.90 bits per heavy atom. The zero-order chi connectivity index (χ0) is 20.8. The lowest BCUT2D eigenvalue weighted by molar-refractivity contribution is 0.495. The summed E-state index contributed by atoms with van der Waals surface area (Å²) in [5, 5.41) is 5.57. The number of fused-ring (bicyclic) bond motifs is 2. The summed E-state index contributed by atoms with van der Waals surface area (Å²) in [6.07, 6.45) is 9.48. The molecule has 0 saturated carbocycles. The van der Waals surface area contributed by atoms with Gasteiger partial charge in [0.2, 0.25) is 0 Å². The Morgan fingerprint density at radius 1 is 1.03 bits per heavy atom. The second kappa shape index (κ2) is 7.09. The molecule has 0 radical (unpaired) electrons. The zero-order valence-electron chi connectivity index (χ0n) is 16.9. The maximum Gasteiger partial charge on any atom is 0.167 e. The van der Waals surface area contributed by atoms with Gasteiger partial charge in [0.05, 0.1) is 18.0 Å². The van der Waals surface area contributed by atoms with Crippen LogP contribution >= 0.6 is 0 Å². The fourth-order valence-electron chi connectivity index (χ4n) is 4.47. The first-order valence-electron chi connectivity index (χ1n) is 10.5. The van der Waals surface area contributed by atoms with Crippen molar-refractivity contribution < 1.29 is 0 Å². The van der Waals surface area contributed by atoms with Gasteiger partial charge in [-0.1, -0.05) is 18.2 Å². The van der Waals surface area contributed by atoms with Crippen molar-refractivity contribution in [2.24, 2.45) is 0 Å². The van der Waals surface area contributed by atoms with E-state index in [0.717, 1.165) is 59.4 Å². The van der Waals surface area contributed by atoms with E-state index in [9.17, 15) is 0 Å². The van der Waals surface area contributed by atoms with Crippen LogP contribution in [0.4, 0.5) is 11.6 Å². The van der Waals surface area contributed by atoms with Crippen LogP contribution < -0.4 is 10.6 Å². The SMILES string of the molecule is Nc1cc(N2CCC(c3cnc[nH]3)CC2)nc2c(-c3cnc4ccccc4c3)cnn12. The van der Waals surface area contributed by atoms with Gasteiger partial charge >= 0.3 is 0 Å². The molecule has 4 aromatic heterocycles. The summed E-state index contributed by atoms with van der Waals surface area (Å²) in [7, 11) is 0. The van der Waals surface area contributed by atoms with E-state index in [0.29, 0.717) is 11.7 Å². The predicted molar refractivity (Wildman–Crippen MR) is 121 cm³/mol. The molecule has 1 saturated heterocycles. The van der Waals surface area contributed by atoms with Gasteiger partial charge in [0.25, 0.3) is 0 Å². The van der Waals surface area contributed by atoms with Gasteiger partial charge in [-0.3, -0.25) is 4.98 Å². The van der Waals surface area contributed by atoms with Crippen molar-refractivity contribution in [3.8, 4) is 11.1 Å². The van der Waals surface area contributed by atoms with Gasteiger partial charge in [-0.05, 0) is 25.0 Å². The first-order valence-corrected chi connectivity index (χ1v) is 10.5. The van der Waals surface area contributed by atoms with Crippen LogP contribution in [0.1, 0.15) is 24.5 Å². The predicted octanol–water partition coefficient (Wildman–Crippen LogP) is 3.63. The third-order valence-electron chi connectivity index (χ3n) is 6.17. The molecule has 8 heteroatoms. The maximum atomic E-state index is 6.36. The number of rotatable bonds is 3. The minimum Gasteiger partial charge on any atom is -0.383 e. The smallest absolute Gasteiger partial charge is 0.167 e. The molecule has 0 aliphatic carbocycles. The number of nitrogen functional groups attached to an aromatic ring is 1. The number of nitrogens with one attached hydrogen (secondary N) is 1. The topological polar surface area (TPSA) is 101 Å². The molecule has 8 nitrogen and oxygen atoms in total. The van der Waals surface area contributed by atoms with Crippen molar-refractivity contribution in [1.29, 1.82) is 0 Å². The van der Waals surface area contributed by atoms with E-state index in [4.69, 9.17) is 10.7 Å². The number of anilines is 2. The summed E-state index contributed by atoms with van der Waals surface area (Å²) in [5.74, 6) is 1.98. The summed E-state index contributed by atoms with van der Waals surface area (Å²) in [6, 6.07) is 12.1. The standard InChI is InChI=1S/C23H22N8/c24-21-10-22(30-7-5-15(6-8-30)20-13-25-14-27-20)29-23-18(12-28-31(21)23)17-9-16-3-1-2-4-19(16)26-11-17/h1-4,9-15H,5-8,24H2,(H,25,27). The van der Waals surface area contributed by atoms with Crippen LogP contribution in [-0.4, -0.2) is 42.6 Å². The van der Waals surface area contributed by atoms with Crippen molar-refractivity contribution in [2.75, 3.05) is 23.7 Å². The lowest BCUT2D eigenvalue weighted by Gasteiger charge is -2.32.